The molecule has 0 saturated heterocycles. The van der Waals surface area contributed by atoms with Gasteiger partial charge >= 0.3 is 5.97 Å². The molecule has 2 aromatic rings. The molecule has 116 valence electrons. The van der Waals surface area contributed by atoms with Crippen LogP contribution in [0.4, 0.5) is 0 Å². The molecule has 2 aromatic carbocycles. The number of carboxylic acid groups (broad SMARTS) is 1. The zero-order valence-electron chi connectivity index (χ0n) is 11.7. The number of aliphatic hydroxyl groups is 1. The molecule has 0 fully saturated rings. The highest BCUT2D eigenvalue weighted by atomic mass is 16.4. The lowest BCUT2D eigenvalue weighted by Gasteiger charge is -2.21. The third-order valence-corrected chi connectivity index (χ3v) is 3.29. The Bertz CT molecular complexity index is 644. The fourth-order valence-electron chi connectivity index (χ4n) is 2.07. The van der Waals surface area contributed by atoms with Crippen molar-refractivity contribution in [3.8, 4) is 11.5 Å². The summed E-state index contributed by atoms with van der Waals surface area (Å²) in [6.07, 6.45) is -1.37. The number of carboxylic acids is 1. The number of nitrogens with one attached hydrogen (secondary N) is 1. The smallest absolute Gasteiger partial charge is 0.323 e. The molecule has 0 bridgehead atoms. The van der Waals surface area contributed by atoms with E-state index in [2.05, 4.69) is 5.32 Å². The number of phenolic OH excluding ortho intramolecular Hbond substituents is 2. The average molecular weight is 303 g/mol. The Hall–Kier alpha value is -2.57. The Kier molecular flexibility index (Phi) is 4.98. The molecule has 1 unspecified atom stereocenters. The quantitative estimate of drug-likeness (QED) is 0.516. The lowest BCUT2D eigenvalue weighted by atomic mass is 10.0. The first kappa shape index (κ1) is 15.8. The van der Waals surface area contributed by atoms with Crippen molar-refractivity contribution in [3.05, 3.63) is 59.7 Å². The number of aliphatic hydroxyl groups excluding tert-OH is 1. The van der Waals surface area contributed by atoms with Crippen LogP contribution in [0.3, 0.4) is 0 Å². The summed E-state index contributed by atoms with van der Waals surface area (Å²) in [6.45, 7) is 0.277. The van der Waals surface area contributed by atoms with Crippen molar-refractivity contribution < 1.29 is 25.2 Å². The predicted octanol–water partition coefficient (Wildman–Crippen LogP) is 1.37. The first-order valence-corrected chi connectivity index (χ1v) is 6.69. The SMILES string of the molecule is O=C(O)[C@@H](NCc1ccccc1)C(O)c1ccc(O)c(O)c1. The van der Waals surface area contributed by atoms with Gasteiger partial charge in [-0.15, -0.1) is 0 Å². The first-order chi connectivity index (χ1) is 10.5. The number of phenols is 2. The minimum atomic E-state index is -1.37. The Morgan fingerprint density at radius 1 is 1.05 bits per heavy atom. The number of hydrogen-bond acceptors (Lipinski definition) is 5. The van der Waals surface area contributed by atoms with Crippen molar-refractivity contribution in [1.82, 2.24) is 5.32 Å². The molecule has 2 atom stereocenters. The van der Waals surface area contributed by atoms with Crippen molar-refractivity contribution in [3.63, 3.8) is 0 Å². The lowest BCUT2D eigenvalue weighted by molar-refractivity contribution is -0.142. The normalized spacial score (nSPS) is 13.5. The summed E-state index contributed by atoms with van der Waals surface area (Å²) in [6, 6.07) is 11.7. The zero-order chi connectivity index (χ0) is 16.1. The van der Waals surface area contributed by atoms with E-state index in [1.807, 2.05) is 30.3 Å². The highest BCUT2D eigenvalue weighted by Gasteiger charge is 2.27. The minimum Gasteiger partial charge on any atom is -0.504 e. The van der Waals surface area contributed by atoms with E-state index in [0.29, 0.717) is 0 Å². The number of aromatic hydroxyl groups is 2. The minimum absolute atomic E-state index is 0.197. The van der Waals surface area contributed by atoms with E-state index < -0.39 is 23.9 Å². The number of aliphatic carboxylic acids is 1. The van der Waals surface area contributed by atoms with Crippen LogP contribution >= 0.6 is 0 Å². The van der Waals surface area contributed by atoms with Crippen LogP contribution in [0.1, 0.15) is 17.2 Å². The molecular weight excluding hydrogens is 286 g/mol. The Balaban J connectivity index is 2.12. The molecule has 0 aliphatic heterocycles. The van der Waals surface area contributed by atoms with Crippen LogP contribution in [0.25, 0.3) is 0 Å². The van der Waals surface area contributed by atoms with Crippen LogP contribution < -0.4 is 5.32 Å². The van der Waals surface area contributed by atoms with Crippen LogP contribution in [-0.4, -0.2) is 32.4 Å². The van der Waals surface area contributed by atoms with Crippen LogP contribution in [0.2, 0.25) is 0 Å². The molecule has 6 nitrogen and oxygen atoms in total. The Morgan fingerprint density at radius 3 is 2.32 bits per heavy atom. The van der Waals surface area contributed by atoms with Gasteiger partial charge in [-0.25, -0.2) is 0 Å². The van der Waals surface area contributed by atoms with E-state index in [1.54, 1.807) is 0 Å². The second-order valence-electron chi connectivity index (χ2n) is 4.88. The summed E-state index contributed by atoms with van der Waals surface area (Å²) in [4.78, 5) is 11.4. The Labute approximate surface area is 127 Å². The van der Waals surface area contributed by atoms with E-state index in [9.17, 15) is 25.2 Å². The third kappa shape index (κ3) is 3.75. The van der Waals surface area contributed by atoms with Gasteiger partial charge in [-0.05, 0) is 23.3 Å². The van der Waals surface area contributed by atoms with Crippen LogP contribution in [0, 0.1) is 0 Å². The number of rotatable bonds is 6. The molecule has 6 heteroatoms. The number of hydrogen-bond donors (Lipinski definition) is 5. The summed E-state index contributed by atoms with van der Waals surface area (Å²) in [5, 5.41) is 41.0. The van der Waals surface area contributed by atoms with Gasteiger partial charge in [0.1, 0.15) is 12.1 Å². The van der Waals surface area contributed by atoms with Crippen molar-refractivity contribution in [1.29, 1.82) is 0 Å². The molecular formula is C16H17NO5. The molecule has 0 spiro atoms. The van der Waals surface area contributed by atoms with Crippen molar-refractivity contribution in [2.24, 2.45) is 0 Å². The van der Waals surface area contributed by atoms with Gasteiger partial charge in [-0.2, -0.15) is 0 Å². The molecule has 0 radical (unpaired) electrons. The molecule has 0 amide bonds. The van der Waals surface area contributed by atoms with E-state index in [4.69, 9.17) is 0 Å². The second kappa shape index (κ2) is 6.93. The summed E-state index contributed by atoms with van der Waals surface area (Å²) in [7, 11) is 0. The van der Waals surface area contributed by atoms with Gasteiger partial charge in [0.05, 0.1) is 0 Å². The molecule has 2 rings (SSSR count). The van der Waals surface area contributed by atoms with Gasteiger partial charge in [-0.3, -0.25) is 10.1 Å². The monoisotopic (exact) mass is 303 g/mol. The summed E-state index contributed by atoms with van der Waals surface area (Å²) in [5.41, 5.74) is 1.08. The van der Waals surface area contributed by atoms with Crippen LogP contribution in [0.5, 0.6) is 11.5 Å². The van der Waals surface area contributed by atoms with Gasteiger partial charge in [0.2, 0.25) is 0 Å². The first-order valence-electron chi connectivity index (χ1n) is 6.69. The predicted molar refractivity (Wildman–Crippen MR) is 79.4 cm³/mol. The van der Waals surface area contributed by atoms with Crippen LogP contribution in [0.15, 0.2) is 48.5 Å². The van der Waals surface area contributed by atoms with Gasteiger partial charge < -0.3 is 20.4 Å². The molecule has 0 aromatic heterocycles. The zero-order valence-corrected chi connectivity index (χ0v) is 11.7. The van der Waals surface area contributed by atoms with Gasteiger partial charge in [0.25, 0.3) is 0 Å². The van der Waals surface area contributed by atoms with Gasteiger partial charge in [0, 0.05) is 6.54 Å². The third-order valence-electron chi connectivity index (χ3n) is 3.29. The van der Waals surface area contributed by atoms with Crippen LogP contribution in [-0.2, 0) is 11.3 Å². The highest BCUT2D eigenvalue weighted by Crippen LogP contribution is 2.29. The maximum atomic E-state index is 11.4. The standard InChI is InChI=1S/C16H17NO5/c18-12-7-6-11(8-13(12)19)15(20)14(16(21)22)17-9-10-4-2-1-3-5-10/h1-8,14-15,17-20H,9H2,(H,21,22)/t14-,15?/m0/s1. The van der Waals surface area contributed by atoms with E-state index in [0.717, 1.165) is 11.6 Å². The van der Waals surface area contributed by atoms with E-state index in [-0.39, 0.29) is 17.9 Å². The number of benzene rings is 2. The molecule has 0 aliphatic carbocycles. The largest absolute Gasteiger partial charge is 0.504 e. The number of carbonyl (C=O) groups is 1. The fourth-order valence-corrected chi connectivity index (χ4v) is 2.07. The molecule has 5 N–H and O–H groups in total. The summed E-state index contributed by atoms with van der Waals surface area (Å²) in [5.74, 6) is -1.96. The molecule has 0 heterocycles. The van der Waals surface area contributed by atoms with E-state index in [1.165, 1.54) is 12.1 Å². The fraction of sp³-hybridized carbons (Fsp3) is 0.188. The topological polar surface area (TPSA) is 110 Å². The molecule has 22 heavy (non-hydrogen) atoms. The van der Waals surface area contributed by atoms with E-state index >= 15 is 0 Å². The second-order valence-corrected chi connectivity index (χ2v) is 4.88. The molecule has 0 aliphatic rings. The maximum Gasteiger partial charge on any atom is 0.323 e. The van der Waals surface area contributed by atoms with Gasteiger partial charge in [-0.1, -0.05) is 36.4 Å². The highest BCUT2D eigenvalue weighted by molar-refractivity contribution is 5.74. The summed E-state index contributed by atoms with van der Waals surface area (Å²) < 4.78 is 0. The van der Waals surface area contributed by atoms with Crippen molar-refractivity contribution in [2.75, 3.05) is 0 Å². The Morgan fingerprint density at radius 2 is 1.73 bits per heavy atom. The maximum absolute atomic E-state index is 11.4. The summed E-state index contributed by atoms with van der Waals surface area (Å²) >= 11 is 0. The lowest BCUT2D eigenvalue weighted by Crippen LogP contribution is -2.41. The van der Waals surface area contributed by atoms with Crippen molar-refractivity contribution >= 4 is 5.97 Å². The van der Waals surface area contributed by atoms with Gasteiger partial charge in [0.15, 0.2) is 11.5 Å². The average Bonchev–Trinajstić information content (AvgIpc) is 2.50. The molecule has 0 saturated carbocycles. The van der Waals surface area contributed by atoms with Crippen molar-refractivity contribution in [2.45, 2.75) is 18.7 Å².